The third-order valence-electron chi connectivity index (χ3n) is 7.85. The van der Waals surface area contributed by atoms with Gasteiger partial charge in [0.05, 0.1) is 0 Å². The summed E-state index contributed by atoms with van der Waals surface area (Å²) in [5.41, 5.74) is 8.74. The molecule has 0 N–H and O–H groups in total. The van der Waals surface area contributed by atoms with Gasteiger partial charge in [0.2, 0.25) is 0 Å². The molecule has 1 heteroatoms. The Morgan fingerprint density at radius 2 is 1.37 bits per heavy atom. The van der Waals surface area contributed by atoms with Crippen molar-refractivity contribution in [2.75, 3.05) is 0 Å². The first-order valence-corrected chi connectivity index (χ1v) is 11.8. The molecule has 0 unspecified atom stereocenters. The molecule has 0 saturated heterocycles. The van der Waals surface area contributed by atoms with Crippen LogP contribution < -0.4 is 0 Å². The molecule has 1 saturated carbocycles. The Bertz CT molecular complexity index is 1250. The SMILES string of the molecule is CC1(C)c2ccccc2-c2cc3c4ccccc4n(C4CCCCCCC4)c3cc21. The van der Waals surface area contributed by atoms with Crippen LogP contribution in [0, 0.1) is 0 Å². The highest BCUT2D eigenvalue weighted by Crippen LogP contribution is 2.51. The van der Waals surface area contributed by atoms with E-state index < -0.39 is 0 Å². The van der Waals surface area contributed by atoms with Gasteiger partial charge in [-0.25, -0.2) is 0 Å². The monoisotopic (exact) mass is 393 g/mol. The highest BCUT2D eigenvalue weighted by atomic mass is 15.0. The molecule has 2 aliphatic rings. The zero-order valence-electron chi connectivity index (χ0n) is 18.2. The standard InChI is InChI=1S/C29H31N/c1-29(2)25-16-10-8-14-21(25)23-18-24-22-15-9-11-17-27(22)30(28(24)19-26(23)29)20-12-6-4-3-5-7-13-20/h8-11,14-20H,3-7,12-13H2,1-2H3. The smallest absolute Gasteiger partial charge is 0.0497 e. The first-order valence-electron chi connectivity index (χ1n) is 11.8. The molecule has 0 amide bonds. The summed E-state index contributed by atoms with van der Waals surface area (Å²) in [6.07, 6.45) is 9.56. The molecule has 30 heavy (non-hydrogen) atoms. The molecular formula is C29H31N. The van der Waals surface area contributed by atoms with Gasteiger partial charge in [-0.05, 0) is 53.3 Å². The highest BCUT2D eigenvalue weighted by Gasteiger charge is 2.36. The molecule has 0 aliphatic heterocycles. The molecule has 6 rings (SSSR count). The lowest BCUT2D eigenvalue weighted by atomic mass is 9.82. The lowest BCUT2D eigenvalue weighted by Gasteiger charge is -2.25. The van der Waals surface area contributed by atoms with Crippen LogP contribution in [0.3, 0.4) is 0 Å². The molecule has 3 aromatic carbocycles. The summed E-state index contributed by atoms with van der Waals surface area (Å²) in [5, 5.41) is 2.85. The van der Waals surface area contributed by atoms with Gasteiger partial charge < -0.3 is 4.57 Å². The van der Waals surface area contributed by atoms with Crippen molar-refractivity contribution in [3.05, 3.63) is 71.8 Å². The van der Waals surface area contributed by atoms with Crippen LogP contribution in [0.1, 0.15) is 76.0 Å². The van der Waals surface area contributed by atoms with Crippen molar-refractivity contribution < 1.29 is 0 Å². The van der Waals surface area contributed by atoms with Gasteiger partial charge in [0.25, 0.3) is 0 Å². The number of para-hydroxylation sites is 1. The second-order valence-corrected chi connectivity index (χ2v) is 9.97. The van der Waals surface area contributed by atoms with Gasteiger partial charge in [-0.3, -0.25) is 0 Å². The Morgan fingerprint density at radius 1 is 0.667 bits per heavy atom. The molecule has 1 nitrogen and oxygen atoms in total. The molecule has 1 fully saturated rings. The predicted molar refractivity (Wildman–Crippen MR) is 128 cm³/mol. The average Bonchev–Trinajstić information content (AvgIpc) is 3.17. The number of fused-ring (bicyclic) bond motifs is 6. The lowest BCUT2D eigenvalue weighted by Crippen LogP contribution is -2.15. The van der Waals surface area contributed by atoms with Crippen molar-refractivity contribution in [2.24, 2.45) is 0 Å². The lowest BCUT2D eigenvalue weighted by molar-refractivity contribution is 0.386. The molecule has 0 spiro atoms. The first kappa shape index (κ1) is 18.2. The largest absolute Gasteiger partial charge is 0.337 e. The maximum absolute atomic E-state index is 2.72. The molecular weight excluding hydrogens is 362 g/mol. The first-order chi connectivity index (χ1) is 14.7. The summed E-state index contributed by atoms with van der Waals surface area (Å²) >= 11 is 0. The minimum Gasteiger partial charge on any atom is -0.337 e. The van der Waals surface area contributed by atoms with E-state index in [0.717, 1.165) is 0 Å². The van der Waals surface area contributed by atoms with E-state index >= 15 is 0 Å². The zero-order valence-corrected chi connectivity index (χ0v) is 18.2. The van der Waals surface area contributed by atoms with E-state index in [2.05, 4.69) is 79.1 Å². The van der Waals surface area contributed by atoms with Crippen molar-refractivity contribution in [3.63, 3.8) is 0 Å². The van der Waals surface area contributed by atoms with E-state index in [1.165, 1.54) is 89.0 Å². The predicted octanol–water partition coefficient (Wildman–Crippen LogP) is 8.39. The molecule has 1 heterocycles. The molecule has 4 aromatic rings. The van der Waals surface area contributed by atoms with Crippen molar-refractivity contribution in [2.45, 2.75) is 70.3 Å². The number of hydrogen-bond donors (Lipinski definition) is 0. The van der Waals surface area contributed by atoms with E-state index in [9.17, 15) is 0 Å². The summed E-state index contributed by atoms with van der Waals surface area (Å²) in [4.78, 5) is 0. The van der Waals surface area contributed by atoms with Crippen LogP contribution in [0.4, 0.5) is 0 Å². The van der Waals surface area contributed by atoms with Crippen LogP contribution in [-0.4, -0.2) is 4.57 Å². The maximum Gasteiger partial charge on any atom is 0.0497 e. The third kappa shape index (κ3) is 2.54. The molecule has 0 radical (unpaired) electrons. The zero-order chi connectivity index (χ0) is 20.3. The Kier molecular flexibility index (Phi) is 4.10. The Hall–Kier alpha value is -2.54. The van der Waals surface area contributed by atoms with Gasteiger partial charge in [0.15, 0.2) is 0 Å². The van der Waals surface area contributed by atoms with Gasteiger partial charge in [-0.1, -0.05) is 88.4 Å². The van der Waals surface area contributed by atoms with Gasteiger partial charge in [0.1, 0.15) is 0 Å². The Morgan fingerprint density at radius 3 is 2.20 bits per heavy atom. The second kappa shape index (κ2) is 6.74. The second-order valence-electron chi connectivity index (χ2n) is 9.97. The van der Waals surface area contributed by atoms with Gasteiger partial charge in [-0.2, -0.15) is 0 Å². The van der Waals surface area contributed by atoms with Crippen LogP contribution in [0.15, 0.2) is 60.7 Å². The van der Waals surface area contributed by atoms with Crippen LogP contribution in [0.25, 0.3) is 32.9 Å². The van der Waals surface area contributed by atoms with E-state index in [-0.39, 0.29) is 5.41 Å². The van der Waals surface area contributed by atoms with E-state index in [1.54, 1.807) is 0 Å². The number of aromatic nitrogens is 1. The van der Waals surface area contributed by atoms with Crippen molar-refractivity contribution >= 4 is 21.8 Å². The van der Waals surface area contributed by atoms with Crippen LogP contribution in [-0.2, 0) is 5.41 Å². The minimum absolute atomic E-state index is 0.0579. The van der Waals surface area contributed by atoms with Crippen LogP contribution in [0.2, 0.25) is 0 Å². The number of benzene rings is 3. The number of rotatable bonds is 1. The summed E-state index contributed by atoms with van der Waals surface area (Å²) < 4.78 is 2.72. The van der Waals surface area contributed by atoms with Crippen molar-refractivity contribution in [1.82, 2.24) is 4.57 Å². The fourth-order valence-electron chi connectivity index (χ4n) is 6.28. The Labute approximate surface area is 179 Å². The van der Waals surface area contributed by atoms with Gasteiger partial charge in [0, 0.05) is 33.3 Å². The fraction of sp³-hybridized carbons (Fsp3) is 0.379. The Balaban J connectivity index is 1.65. The minimum atomic E-state index is 0.0579. The topological polar surface area (TPSA) is 4.93 Å². The van der Waals surface area contributed by atoms with Crippen molar-refractivity contribution in [1.29, 1.82) is 0 Å². The summed E-state index contributed by atoms with van der Waals surface area (Å²) in [5.74, 6) is 0. The van der Waals surface area contributed by atoms with E-state index in [0.29, 0.717) is 6.04 Å². The molecule has 0 bridgehead atoms. The summed E-state index contributed by atoms with van der Waals surface area (Å²) in [6, 6.07) is 23.8. The van der Waals surface area contributed by atoms with Crippen molar-refractivity contribution in [3.8, 4) is 11.1 Å². The molecule has 1 aromatic heterocycles. The quantitative estimate of drug-likeness (QED) is 0.306. The van der Waals surface area contributed by atoms with Crippen LogP contribution >= 0.6 is 0 Å². The average molecular weight is 394 g/mol. The summed E-state index contributed by atoms with van der Waals surface area (Å²) in [6.45, 7) is 4.79. The molecule has 152 valence electrons. The third-order valence-corrected chi connectivity index (χ3v) is 7.85. The van der Waals surface area contributed by atoms with Gasteiger partial charge >= 0.3 is 0 Å². The van der Waals surface area contributed by atoms with Crippen LogP contribution in [0.5, 0.6) is 0 Å². The van der Waals surface area contributed by atoms with Gasteiger partial charge in [-0.15, -0.1) is 0 Å². The highest BCUT2D eigenvalue weighted by molar-refractivity contribution is 6.10. The number of nitrogens with zero attached hydrogens (tertiary/aromatic N) is 1. The molecule has 2 aliphatic carbocycles. The molecule has 0 atom stereocenters. The number of hydrogen-bond acceptors (Lipinski definition) is 0. The van der Waals surface area contributed by atoms with E-state index in [1.807, 2.05) is 0 Å². The summed E-state index contributed by atoms with van der Waals surface area (Å²) in [7, 11) is 0. The normalized spacial score (nSPS) is 18.9. The maximum atomic E-state index is 2.72. The van der Waals surface area contributed by atoms with E-state index in [4.69, 9.17) is 0 Å². The fourth-order valence-corrected chi connectivity index (χ4v) is 6.28.